The minimum Gasteiger partial charge on any atom is -0.439 e. The zero-order valence-electron chi connectivity index (χ0n) is 14.8. The van der Waals surface area contributed by atoms with E-state index in [4.69, 9.17) is 19.7 Å². The SMILES string of the molecule is CN1/C(=C\C=C\c2oc3ccc(C#N)cc3[n+]2C)Oc2ccc(C#N)cc21. The van der Waals surface area contributed by atoms with E-state index < -0.39 is 0 Å². The minimum absolute atomic E-state index is 0.590. The van der Waals surface area contributed by atoms with E-state index in [1.54, 1.807) is 36.4 Å². The van der Waals surface area contributed by atoms with Gasteiger partial charge >= 0.3 is 5.89 Å². The van der Waals surface area contributed by atoms with Gasteiger partial charge in [-0.3, -0.25) is 0 Å². The van der Waals surface area contributed by atoms with Crippen molar-refractivity contribution in [2.75, 3.05) is 11.9 Å². The largest absolute Gasteiger partial charge is 0.439 e. The highest BCUT2D eigenvalue weighted by Crippen LogP contribution is 2.38. The molecular formula is C21H15N4O2+. The second-order valence-electron chi connectivity index (χ2n) is 6.11. The maximum atomic E-state index is 9.04. The Kier molecular flexibility index (Phi) is 3.87. The van der Waals surface area contributed by atoms with Crippen LogP contribution in [-0.4, -0.2) is 7.05 Å². The molecule has 27 heavy (non-hydrogen) atoms. The number of ether oxygens (including phenoxy) is 1. The number of hydrogen-bond acceptors (Lipinski definition) is 5. The van der Waals surface area contributed by atoms with Crippen molar-refractivity contribution in [3.8, 4) is 17.9 Å². The van der Waals surface area contributed by atoms with E-state index in [0.29, 0.717) is 22.9 Å². The van der Waals surface area contributed by atoms with Crippen LogP contribution in [0.15, 0.2) is 58.9 Å². The van der Waals surface area contributed by atoms with E-state index >= 15 is 0 Å². The molecule has 1 aromatic heterocycles. The lowest BCUT2D eigenvalue weighted by Crippen LogP contribution is -2.29. The summed E-state index contributed by atoms with van der Waals surface area (Å²) in [6.07, 6.45) is 5.51. The third-order valence-corrected chi connectivity index (χ3v) is 4.47. The summed E-state index contributed by atoms with van der Waals surface area (Å²) < 4.78 is 13.5. The molecule has 1 aliphatic rings. The molecule has 0 saturated carbocycles. The highest BCUT2D eigenvalue weighted by Gasteiger charge is 2.23. The summed E-state index contributed by atoms with van der Waals surface area (Å²) in [7, 11) is 3.77. The van der Waals surface area contributed by atoms with Gasteiger partial charge in [0.1, 0.15) is 7.05 Å². The second-order valence-corrected chi connectivity index (χ2v) is 6.11. The fourth-order valence-electron chi connectivity index (χ4n) is 2.97. The smallest absolute Gasteiger partial charge is 0.373 e. The molecule has 0 bridgehead atoms. The van der Waals surface area contributed by atoms with Gasteiger partial charge in [0.25, 0.3) is 5.52 Å². The van der Waals surface area contributed by atoms with E-state index in [1.807, 2.05) is 41.8 Å². The quantitative estimate of drug-likeness (QED) is 0.659. The van der Waals surface area contributed by atoms with Crippen LogP contribution in [0.2, 0.25) is 0 Å². The molecule has 6 nitrogen and oxygen atoms in total. The molecule has 3 aromatic rings. The average Bonchev–Trinajstić information content (AvgIpc) is 3.18. The predicted molar refractivity (Wildman–Crippen MR) is 99.4 cm³/mol. The number of nitriles is 2. The van der Waals surface area contributed by atoms with E-state index in [1.165, 1.54) is 0 Å². The van der Waals surface area contributed by atoms with Crippen molar-refractivity contribution < 1.29 is 13.7 Å². The van der Waals surface area contributed by atoms with Crippen molar-refractivity contribution in [2.24, 2.45) is 7.05 Å². The summed E-state index contributed by atoms with van der Waals surface area (Å²) >= 11 is 0. The monoisotopic (exact) mass is 355 g/mol. The molecule has 4 rings (SSSR count). The third-order valence-electron chi connectivity index (χ3n) is 4.47. The molecule has 130 valence electrons. The van der Waals surface area contributed by atoms with Gasteiger partial charge in [-0.15, -0.1) is 0 Å². The molecule has 0 N–H and O–H groups in total. The Hall–Kier alpha value is -4.03. The molecule has 0 aliphatic carbocycles. The van der Waals surface area contributed by atoms with Gasteiger partial charge in [-0.25, -0.2) is 0 Å². The lowest BCUT2D eigenvalue weighted by atomic mass is 10.2. The van der Waals surface area contributed by atoms with Gasteiger partial charge in [-0.2, -0.15) is 15.1 Å². The molecule has 0 fully saturated rings. The van der Waals surface area contributed by atoms with Crippen molar-refractivity contribution in [1.82, 2.24) is 0 Å². The fraction of sp³-hybridized carbons (Fsp3) is 0.0952. The van der Waals surface area contributed by atoms with E-state index in [2.05, 4.69) is 12.1 Å². The molecular weight excluding hydrogens is 340 g/mol. The summed E-state index contributed by atoms with van der Waals surface area (Å²) in [6.45, 7) is 0. The number of anilines is 1. The summed E-state index contributed by atoms with van der Waals surface area (Å²) in [5.41, 5.74) is 3.60. The van der Waals surface area contributed by atoms with Crippen molar-refractivity contribution in [3.05, 3.63) is 71.5 Å². The number of nitrogens with zero attached hydrogens (tertiary/aromatic N) is 4. The zero-order chi connectivity index (χ0) is 19.0. The molecule has 0 amide bonds. The van der Waals surface area contributed by atoms with Crippen molar-refractivity contribution >= 4 is 22.9 Å². The van der Waals surface area contributed by atoms with Crippen molar-refractivity contribution in [2.45, 2.75) is 0 Å². The highest BCUT2D eigenvalue weighted by molar-refractivity contribution is 5.72. The summed E-state index contributed by atoms with van der Waals surface area (Å²) in [6, 6.07) is 14.9. The maximum Gasteiger partial charge on any atom is 0.373 e. The highest BCUT2D eigenvalue weighted by atomic mass is 16.5. The Morgan fingerprint density at radius 3 is 2.59 bits per heavy atom. The minimum atomic E-state index is 0.590. The van der Waals surface area contributed by atoms with E-state index in [0.717, 1.165) is 22.5 Å². The average molecular weight is 355 g/mol. The normalized spacial score (nSPS) is 14.4. The van der Waals surface area contributed by atoms with Gasteiger partial charge in [0.2, 0.25) is 5.58 Å². The number of hydrogen-bond donors (Lipinski definition) is 0. The lowest BCUT2D eigenvalue weighted by Gasteiger charge is -2.09. The Labute approximate surface area is 156 Å². The Morgan fingerprint density at radius 1 is 1.07 bits per heavy atom. The molecule has 0 unspecified atom stereocenters. The van der Waals surface area contributed by atoms with Crippen LogP contribution in [0.3, 0.4) is 0 Å². The molecule has 0 spiro atoms. The van der Waals surface area contributed by atoms with Crippen LogP contribution in [0.25, 0.3) is 17.2 Å². The number of oxazole rings is 1. The number of benzene rings is 2. The van der Waals surface area contributed by atoms with Gasteiger partial charge in [0, 0.05) is 13.1 Å². The number of aryl methyl sites for hydroxylation is 1. The Morgan fingerprint density at radius 2 is 1.81 bits per heavy atom. The predicted octanol–water partition coefficient (Wildman–Crippen LogP) is 3.38. The van der Waals surface area contributed by atoms with E-state index in [9.17, 15) is 0 Å². The maximum absolute atomic E-state index is 9.04. The Bertz CT molecular complexity index is 1210. The summed E-state index contributed by atoms with van der Waals surface area (Å²) in [4.78, 5) is 1.89. The molecule has 2 aromatic carbocycles. The standard InChI is InChI=1S/C21H15N4O2/c1-24-16-10-14(12-22)6-8-18(16)26-20(24)4-3-5-21-25(2)17-11-15(13-23)7-9-19(17)27-21/h3-11H,1-2H3/q+1. The van der Waals surface area contributed by atoms with Gasteiger partial charge < -0.3 is 14.1 Å². The van der Waals surface area contributed by atoms with Crippen molar-refractivity contribution in [3.63, 3.8) is 0 Å². The van der Waals surface area contributed by atoms with Crippen LogP contribution >= 0.6 is 0 Å². The Balaban J connectivity index is 1.61. The first-order valence-electron chi connectivity index (χ1n) is 8.27. The zero-order valence-corrected chi connectivity index (χ0v) is 14.8. The molecule has 6 heteroatoms. The van der Waals surface area contributed by atoms with Gasteiger partial charge in [0.15, 0.2) is 11.6 Å². The van der Waals surface area contributed by atoms with E-state index in [-0.39, 0.29) is 0 Å². The van der Waals surface area contributed by atoms with Crippen LogP contribution in [0, 0.1) is 22.7 Å². The molecule has 0 atom stereocenters. The number of aromatic nitrogens is 1. The van der Waals surface area contributed by atoms with Crippen LogP contribution in [0.5, 0.6) is 5.75 Å². The molecule has 0 saturated heterocycles. The first-order valence-corrected chi connectivity index (χ1v) is 8.27. The van der Waals surface area contributed by atoms with Crippen molar-refractivity contribution in [1.29, 1.82) is 10.5 Å². The molecule has 0 radical (unpaired) electrons. The van der Waals surface area contributed by atoms with Crippen LogP contribution in [0.4, 0.5) is 5.69 Å². The number of rotatable bonds is 2. The van der Waals surface area contributed by atoms with Gasteiger partial charge in [0.05, 0.1) is 35.0 Å². The second kappa shape index (κ2) is 6.36. The van der Waals surface area contributed by atoms with Crippen LogP contribution in [-0.2, 0) is 7.05 Å². The lowest BCUT2D eigenvalue weighted by molar-refractivity contribution is -0.652. The van der Waals surface area contributed by atoms with Gasteiger partial charge in [-0.1, -0.05) is 0 Å². The first kappa shape index (κ1) is 16.4. The molecule has 1 aliphatic heterocycles. The third kappa shape index (κ3) is 2.80. The van der Waals surface area contributed by atoms with Crippen LogP contribution < -0.4 is 14.2 Å². The first-order chi connectivity index (χ1) is 13.1. The number of fused-ring (bicyclic) bond motifs is 2. The topological polar surface area (TPSA) is 77.1 Å². The van der Waals surface area contributed by atoms with Crippen LogP contribution in [0.1, 0.15) is 17.0 Å². The summed E-state index contributed by atoms with van der Waals surface area (Å²) in [5.74, 6) is 2.03. The fourth-order valence-corrected chi connectivity index (χ4v) is 2.97. The summed E-state index contributed by atoms with van der Waals surface area (Å²) in [5, 5.41) is 18.1. The van der Waals surface area contributed by atoms with Gasteiger partial charge in [-0.05, 0) is 42.5 Å². The number of allylic oxidation sites excluding steroid dienone is 2. The molecule has 2 heterocycles.